The highest BCUT2D eigenvalue weighted by Crippen LogP contribution is 2.37. The molecular formula is C16H25NO. The molecule has 1 aliphatic rings. The van der Waals surface area contributed by atoms with Crippen molar-refractivity contribution in [3.63, 3.8) is 0 Å². The number of nitrogens with one attached hydrogen (secondary N) is 1. The Labute approximate surface area is 110 Å². The molecule has 0 heterocycles. The highest BCUT2D eigenvalue weighted by atomic mass is 16.3. The second-order valence-electron chi connectivity index (χ2n) is 6.18. The number of phenolic OH excluding ortho intramolecular Hbond substituents is 1. The smallest absolute Gasteiger partial charge is 0.120 e. The maximum atomic E-state index is 9.92. The van der Waals surface area contributed by atoms with Gasteiger partial charge in [0.05, 0.1) is 0 Å². The van der Waals surface area contributed by atoms with Crippen LogP contribution in [-0.4, -0.2) is 11.7 Å². The normalized spacial score (nSPS) is 19.9. The molecule has 1 fully saturated rings. The van der Waals surface area contributed by atoms with Crippen molar-refractivity contribution >= 4 is 0 Å². The molecule has 2 rings (SSSR count). The van der Waals surface area contributed by atoms with E-state index in [9.17, 15) is 5.11 Å². The van der Waals surface area contributed by atoms with Crippen LogP contribution in [0.2, 0.25) is 0 Å². The van der Waals surface area contributed by atoms with Gasteiger partial charge in [-0.3, -0.25) is 0 Å². The number of aryl methyl sites for hydroxylation is 1. The van der Waals surface area contributed by atoms with Gasteiger partial charge < -0.3 is 10.4 Å². The first-order valence-corrected chi connectivity index (χ1v) is 7.03. The molecule has 1 aromatic rings. The Morgan fingerprint density at radius 2 is 2.00 bits per heavy atom. The Morgan fingerprint density at radius 1 is 1.33 bits per heavy atom. The highest BCUT2D eigenvalue weighted by Gasteiger charge is 2.28. The average molecular weight is 247 g/mol. The molecule has 2 N–H and O–H groups in total. The summed E-state index contributed by atoms with van der Waals surface area (Å²) in [5.74, 6) is 0.400. The van der Waals surface area contributed by atoms with Crippen LogP contribution < -0.4 is 5.32 Å². The van der Waals surface area contributed by atoms with E-state index in [2.05, 4.69) is 32.2 Å². The van der Waals surface area contributed by atoms with E-state index in [1.165, 1.54) is 31.2 Å². The fraction of sp³-hybridized carbons (Fsp3) is 0.625. The van der Waals surface area contributed by atoms with Gasteiger partial charge in [-0.1, -0.05) is 37.5 Å². The summed E-state index contributed by atoms with van der Waals surface area (Å²) in [6.45, 7) is 7.61. The van der Waals surface area contributed by atoms with Gasteiger partial charge >= 0.3 is 0 Å². The molecule has 100 valence electrons. The zero-order valence-corrected chi connectivity index (χ0v) is 11.8. The van der Waals surface area contributed by atoms with Crippen LogP contribution in [0.25, 0.3) is 0 Å². The van der Waals surface area contributed by atoms with Crippen LogP contribution in [0.3, 0.4) is 0 Å². The van der Waals surface area contributed by atoms with Gasteiger partial charge in [-0.2, -0.15) is 0 Å². The molecule has 1 atom stereocenters. The first-order chi connectivity index (χ1) is 8.50. The summed E-state index contributed by atoms with van der Waals surface area (Å²) in [4.78, 5) is 0. The van der Waals surface area contributed by atoms with Crippen LogP contribution in [0.5, 0.6) is 5.75 Å². The number of hydrogen-bond donors (Lipinski definition) is 2. The number of phenols is 1. The highest BCUT2D eigenvalue weighted by molar-refractivity contribution is 5.37. The maximum Gasteiger partial charge on any atom is 0.120 e. The third-order valence-electron chi connectivity index (χ3n) is 4.30. The minimum atomic E-state index is 0.210. The number of rotatable bonds is 4. The molecule has 1 unspecified atom stereocenters. The minimum Gasteiger partial charge on any atom is -0.508 e. The molecule has 2 heteroatoms. The maximum absolute atomic E-state index is 9.92. The zero-order chi connectivity index (χ0) is 13.2. The Balaban J connectivity index is 1.99. The molecule has 1 aromatic carbocycles. The molecule has 18 heavy (non-hydrogen) atoms. The summed E-state index contributed by atoms with van der Waals surface area (Å²) in [7, 11) is 0. The number of benzene rings is 1. The molecule has 0 saturated heterocycles. The SMILES string of the molecule is Cc1ccc(O)c(C(C)NCC2(C)CCCC2)c1. The van der Waals surface area contributed by atoms with Gasteiger partial charge in [-0.25, -0.2) is 0 Å². The van der Waals surface area contributed by atoms with Gasteiger partial charge in [0.2, 0.25) is 0 Å². The van der Waals surface area contributed by atoms with Gasteiger partial charge in [0.15, 0.2) is 0 Å². The molecule has 1 saturated carbocycles. The lowest BCUT2D eigenvalue weighted by molar-refractivity contribution is 0.300. The Morgan fingerprint density at radius 3 is 2.67 bits per heavy atom. The topological polar surface area (TPSA) is 32.3 Å². The molecule has 2 nitrogen and oxygen atoms in total. The van der Waals surface area contributed by atoms with Crippen molar-refractivity contribution in [2.75, 3.05) is 6.54 Å². The summed E-state index contributed by atoms with van der Waals surface area (Å²) in [6.07, 6.45) is 5.38. The summed E-state index contributed by atoms with van der Waals surface area (Å²) in [5, 5.41) is 13.5. The lowest BCUT2D eigenvalue weighted by Gasteiger charge is -2.27. The van der Waals surface area contributed by atoms with E-state index in [1.807, 2.05) is 6.07 Å². The summed E-state index contributed by atoms with van der Waals surface area (Å²) in [5.41, 5.74) is 2.66. The lowest BCUT2D eigenvalue weighted by Crippen LogP contribution is -2.31. The molecule has 0 aromatic heterocycles. The van der Waals surface area contributed by atoms with E-state index in [0.717, 1.165) is 12.1 Å². The predicted octanol–water partition coefficient (Wildman–Crippen LogP) is 3.93. The molecule has 0 amide bonds. The predicted molar refractivity (Wildman–Crippen MR) is 75.8 cm³/mol. The molecule has 0 radical (unpaired) electrons. The van der Waals surface area contributed by atoms with E-state index in [0.29, 0.717) is 11.2 Å². The van der Waals surface area contributed by atoms with Gasteiger partial charge in [0.1, 0.15) is 5.75 Å². The number of aromatic hydroxyl groups is 1. The van der Waals surface area contributed by atoms with Gasteiger partial charge in [0.25, 0.3) is 0 Å². The Bertz CT molecular complexity index is 408. The van der Waals surface area contributed by atoms with Gasteiger partial charge in [-0.05, 0) is 38.2 Å². The van der Waals surface area contributed by atoms with Crippen molar-refractivity contribution in [2.45, 2.75) is 52.5 Å². The van der Waals surface area contributed by atoms with Gasteiger partial charge in [-0.15, -0.1) is 0 Å². The van der Waals surface area contributed by atoms with Crippen molar-refractivity contribution in [1.82, 2.24) is 5.32 Å². The Kier molecular flexibility index (Phi) is 3.96. The van der Waals surface area contributed by atoms with Crippen molar-refractivity contribution in [1.29, 1.82) is 0 Å². The summed E-state index contributed by atoms with van der Waals surface area (Å²) in [6, 6.07) is 6.02. The monoisotopic (exact) mass is 247 g/mol. The van der Waals surface area contributed by atoms with E-state index in [-0.39, 0.29) is 6.04 Å². The largest absolute Gasteiger partial charge is 0.508 e. The fourth-order valence-electron chi connectivity index (χ4n) is 2.94. The third-order valence-corrected chi connectivity index (χ3v) is 4.30. The van der Waals surface area contributed by atoms with Crippen molar-refractivity contribution in [2.24, 2.45) is 5.41 Å². The first kappa shape index (κ1) is 13.4. The summed E-state index contributed by atoms with van der Waals surface area (Å²) < 4.78 is 0. The minimum absolute atomic E-state index is 0.210. The quantitative estimate of drug-likeness (QED) is 0.845. The third kappa shape index (κ3) is 3.05. The van der Waals surface area contributed by atoms with Crippen molar-refractivity contribution < 1.29 is 5.11 Å². The van der Waals surface area contributed by atoms with Crippen LogP contribution in [0, 0.1) is 12.3 Å². The van der Waals surface area contributed by atoms with E-state index < -0.39 is 0 Å². The van der Waals surface area contributed by atoms with E-state index in [4.69, 9.17) is 0 Å². The number of hydrogen-bond acceptors (Lipinski definition) is 2. The van der Waals surface area contributed by atoms with Crippen LogP contribution >= 0.6 is 0 Å². The van der Waals surface area contributed by atoms with E-state index in [1.54, 1.807) is 6.07 Å². The van der Waals surface area contributed by atoms with Crippen molar-refractivity contribution in [3.8, 4) is 5.75 Å². The lowest BCUT2D eigenvalue weighted by atomic mass is 9.88. The second-order valence-corrected chi connectivity index (χ2v) is 6.18. The van der Waals surface area contributed by atoms with Gasteiger partial charge in [0, 0.05) is 18.2 Å². The molecule has 0 aliphatic heterocycles. The fourth-order valence-corrected chi connectivity index (χ4v) is 2.94. The standard InChI is InChI=1S/C16H25NO/c1-12-6-7-15(18)14(10-12)13(2)17-11-16(3)8-4-5-9-16/h6-7,10,13,17-18H,4-5,8-9,11H2,1-3H3. The van der Waals surface area contributed by atoms with Crippen LogP contribution in [-0.2, 0) is 0 Å². The van der Waals surface area contributed by atoms with E-state index >= 15 is 0 Å². The summed E-state index contributed by atoms with van der Waals surface area (Å²) >= 11 is 0. The molecule has 0 spiro atoms. The van der Waals surface area contributed by atoms with Crippen LogP contribution in [0.1, 0.15) is 56.7 Å². The van der Waals surface area contributed by atoms with Crippen LogP contribution in [0.15, 0.2) is 18.2 Å². The van der Waals surface area contributed by atoms with Crippen molar-refractivity contribution in [3.05, 3.63) is 29.3 Å². The van der Waals surface area contributed by atoms with Crippen LogP contribution in [0.4, 0.5) is 0 Å². The molecular weight excluding hydrogens is 222 g/mol. The average Bonchev–Trinajstić information content (AvgIpc) is 2.77. The first-order valence-electron chi connectivity index (χ1n) is 7.03. The molecule has 1 aliphatic carbocycles. The zero-order valence-electron chi connectivity index (χ0n) is 11.8. The second kappa shape index (κ2) is 5.31. The Hall–Kier alpha value is -1.02. The molecule has 0 bridgehead atoms.